The maximum absolute atomic E-state index is 13.4. The summed E-state index contributed by atoms with van der Waals surface area (Å²) in [4.78, 5) is 22.2. The Morgan fingerprint density at radius 2 is 1.91 bits per heavy atom. The van der Waals surface area contributed by atoms with Crippen LogP contribution in [0.2, 0.25) is 10.0 Å². The third-order valence-electron chi connectivity index (χ3n) is 2.78. The van der Waals surface area contributed by atoms with Gasteiger partial charge in [0.15, 0.2) is 0 Å². The van der Waals surface area contributed by atoms with Crippen molar-refractivity contribution in [3.8, 4) is 0 Å². The minimum atomic E-state index is -0.904. The minimum Gasteiger partial charge on any atom is -0.457 e. The molecule has 5 nitrogen and oxygen atoms in total. The van der Waals surface area contributed by atoms with E-state index in [1.54, 1.807) is 6.07 Å². The van der Waals surface area contributed by atoms with Crippen molar-refractivity contribution in [1.82, 2.24) is 0 Å². The number of nitro groups is 1. The first-order valence-electron chi connectivity index (χ1n) is 5.94. The van der Waals surface area contributed by atoms with Crippen LogP contribution in [0.1, 0.15) is 15.9 Å². The Bertz CT molecular complexity index is 752. The third-order valence-corrected chi connectivity index (χ3v) is 3.38. The number of para-hydroxylation sites is 1. The topological polar surface area (TPSA) is 69.4 Å². The number of carbonyl (C=O) groups is 1. The molecule has 0 saturated heterocycles. The standard InChI is InChI=1S/C14H8Cl2FNO4/c15-10-6-11(16)12(17)5-9(10)14(19)22-7-8-3-1-2-4-13(8)18(20)21/h1-6H,7H2. The molecule has 114 valence electrons. The second-order valence-corrected chi connectivity index (χ2v) is 5.02. The number of benzene rings is 2. The summed E-state index contributed by atoms with van der Waals surface area (Å²) in [6.07, 6.45) is 0. The lowest BCUT2D eigenvalue weighted by Gasteiger charge is -2.07. The first-order chi connectivity index (χ1) is 10.4. The molecule has 0 aliphatic rings. The van der Waals surface area contributed by atoms with E-state index in [2.05, 4.69) is 0 Å². The van der Waals surface area contributed by atoms with Crippen LogP contribution in [0.3, 0.4) is 0 Å². The molecule has 2 aromatic carbocycles. The molecule has 0 aliphatic heterocycles. The molecule has 0 heterocycles. The van der Waals surface area contributed by atoms with Gasteiger partial charge in [0.05, 0.1) is 26.1 Å². The number of hydrogen-bond donors (Lipinski definition) is 0. The molecule has 0 N–H and O–H groups in total. The van der Waals surface area contributed by atoms with E-state index in [9.17, 15) is 19.3 Å². The van der Waals surface area contributed by atoms with Gasteiger partial charge in [0.2, 0.25) is 0 Å². The van der Waals surface area contributed by atoms with Gasteiger partial charge >= 0.3 is 5.97 Å². The summed E-state index contributed by atoms with van der Waals surface area (Å²) in [5.74, 6) is -1.72. The summed E-state index contributed by atoms with van der Waals surface area (Å²) in [6.45, 7) is -0.337. The maximum Gasteiger partial charge on any atom is 0.340 e. The number of halogens is 3. The highest BCUT2D eigenvalue weighted by molar-refractivity contribution is 6.36. The minimum absolute atomic E-state index is 0.0704. The van der Waals surface area contributed by atoms with E-state index >= 15 is 0 Å². The van der Waals surface area contributed by atoms with E-state index in [0.29, 0.717) is 0 Å². The summed E-state index contributed by atoms with van der Waals surface area (Å²) in [5.41, 5.74) is -0.169. The fourth-order valence-corrected chi connectivity index (χ4v) is 2.17. The van der Waals surface area contributed by atoms with Crippen LogP contribution in [0, 0.1) is 15.9 Å². The molecule has 0 atom stereocenters. The van der Waals surface area contributed by atoms with E-state index < -0.39 is 16.7 Å². The molecule has 0 unspecified atom stereocenters. The molecule has 0 amide bonds. The highest BCUT2D eigenvalue weighted by Crippen LogP contribution is 2.26. The molecule has 2 aromatic rings. The Labute approximate surface area is 134 Å². The summed E-state index contributed by atoms with van der Waals surface area (Å²) in [5, 5.41) is 10.6. The summed E-state index contributed by atoms with van der Waals surface area (Å²) in [6, 6.07) is 7.75. The Morgan fingerprint density at radius 3 is 2.59 bits per heavy atom. The van der Waals surface area contributed by atoms with Gasteiger partial charge in [0.25, 0.3) is 5.69 Å². The van der Waals surface area contributed by atoms with Gasteiger partial charge in [-0.25, -0.2) is 9.18 Å². The zero-order valence-electron chi connectivity index (χ0n) is 10.9. The Kier molecular flexibility index (Phi) is 4.95. The monoisotopic (exact) mass is 343 g/mol. The lowest BCUT2D eigenvalue weighted by molar-refractivity contribution is -0.385. The number of hydrogen-bond acceptors (Lipinski definition) is 4. The van der Waals surface area contributed by atoms with Crippen LogP contribution in [-0.2, 0) is 11.3 Å². The Morgan fingerprint density at radius 1 is 1.23 bits per heavy atom. The van der Waals surface area contributed by atoms with Gasteiger partial charge in [0.1, 0.15) is 12.4 Å². The van der Waals surface area contributed by atoms with Gasteiger partial charge < -0.3 is 4.74 Å². The van der Waals surface area contributed by atoms with Crippen molar-refractivity contribution in [2.75, 3.05) is 0 Å². The first-order valence-corrected chi connectivity index (χ1v) is 6.69. The number of ether oxygens (including phenoxy) is 1. The normalized spacial score (nSPS) is 10.3. The van der Waals surface area contributed by atoms with Crippen molar-refractivity contribution in [1.29, 1.82) is 0 Å². The van der Waals surface area contributed by atoms with E-state index in [0.717, 1.165) is 12.1 Å². The second-order valence-electron chi connectivity index (χ2n) is 4.21. The van der Waals surface area contributed by atoms with Gasteiger partial charge in [-0.2, -0.15) is 0 Å². The van der Waals surface area contributed by atoms with Crippen molar-refractivity contribution in [3.63, 3.8) is 0 Å². The first kappa shape index (κ1) is 16.2. The lowest BCUT2D eigenvalue weighted by Crippen LogP contribution is -2.08. The Hall–Kier alpha value is -2.18. The molecule has 8 heteroatoms. The average Bonchev–Trinajstić information content (AvgIpc) is 2.48. The van der Waals surface area contributed by atoms with Crippen molar-refractivity contribution in [2.24, 2.45) is 0 Å². The van der Waals surface area contributed by atoms with E-state index in [-0.39, 0.29) is 33.5 Å². The predicted molar refractivity (Wildman–Crippen MR) is 78.6 cm³/mol. The summed E-state index contributed by atoms with van der Waals surface area (Å²) < 4.78 is 18.3. The zero-order valence-corrected chi connectivity index (χ0v) is 12.4. The quantitative estimate of drug-likeness (QED) is 0.357. The summed E-state index contributed by atoms with van der Waals surface area (Å²) >= 11 is 11.3. The fraction of sp³-hybridized carbons (Fsp3) is 0.0714. The van der Waals surface area contributed by atoms with Gasteiger partial charge in [0, 0.05) is 6.07 Å². The van der Waals surface area contributed by atoms with Crippen molar-refractivity contribution in [2.45, 2.75) is 6.61 Å². The molecule has 22 heavy (non-hydrogen) atoms. The number of carbonyl (C=O) groups excluding carboxylic acids is 1. The lowest BCUT2D eigenvalue weighted by atomic mass is 10.2. The molecular weight excluding hydrogens is 336 g/mol. The second kappa shape index (κ2) is 6.72. The molecule has 0 saturated carbocycles. The number of esters is 1. The Balaban J connectivity index is 2.18. The molecule has 0 aliphatic carbocycles. The van der Waals surface area contributed by atoms with E-state index in [4.69, 9.17) is 27.9 Å². The van der Waals surface area contributed by atoms with Crippen LogP contribution in [-0.4, -0.2) is 10.9 Å². The molecule has 0 fully saturated rings. The van der Waals surface area contributed by atoms with Gasteiger partial charge in [-0.05, 0) is 18.2 Å². The van der Waals surface area contributed by atoms with Crippen LogP contribution >= 0.6 is 23.2 Å². The number of nitro benzene ring substituents is 1. The molecule has 2 rings (SSSR count). The van der Waals surface area contributed by atoms with Crippen molar-refractivity contribution < 1.29 is 18.8 Å². The zero-order chi connectivity index (χ0) is 16.3. The molecule has 0 radical (unpaired) electrons. The molecule has 0 bridgehead atoms. The SMILES string of the molecule is O=C(OCc1ccccc1[N+](=O)[O-])c1cc(F)c(Cl)cc1Cl. The number of nitrogens with zero attached hydrogens (tertiary/aromatic N) is 1. The fourth-order valence-electron chi connectivity index (χ4n) is 1.71. The van der Waals surface area contributed by atoms with Gasteiger partial charge in [-0.3, -0.25) is 10.1 Å². The van der Waals surface area contributed by atoms with Crippen LogP contribution < -0.4 is 0 Å². The highest BCUT2D eigenvalue weighted by atomic mass is 35.5. The van der Waals surface area contributed by atoms with Crippen LogP contribution in [0.5, 0.6) is 0 Å². The van der Waals surface area contributed by atoms with Crippen molar-refractivity contribution in [3.05, 3.63) is 73.5 Å². The van der Waals surface area contributed by atoms with E-state index in [1.165, 1.54) is 18.2 Å². The smallest absolute Gasteiger partial charge is 0.340 e. The predicted octanol–water partition coefficient (Wildman–Crippen LogP) is 4.40. The largest absolute Gasteiger partial charge is 0.457 e. The van der Waals surface area contributed by atoms with Gasteiger partial charge in [-0.1, -0.05) is 35.3 Å². The number of rotatable bonds is 4. The third kappa shape index (κ3) is 3.52. The highest BCUT2D eigenvalue weighted by Gasteiger charge is 2.18. The molecular formula is C14H8Cl2FNO4. The van der Waals surface area contributed by atoms with Gasteiger partial charge in [-0.15, -0.1) is 0 Å². The average molecular weight is 344 g/mol. The van der Waals surface area contributed by atoms with Crippen LogP contribution in [0.15, 0.2) is 36.4 Å². The van der Waals surface area contributed by atoms with Crippen LogP contribution in [0.4, 0.5) is 10.1 Å². The summed E-state index contributed by atoms with van der Waals surface area (Å²) in [7, 11) is 0. The molecule has 0 spiro atoms. The van der Waals surface area contributed by atoms with Crippen LogP contribution in [0.25, 0.3) is 0 Å². The van der Waals surface area contributed by atoms with Crippen molar-refractivity contribution >= 4 is 34.9 Å². The van der Waals surface area contributed by atoms with E-state index in [1.807, 2.05) is 0 Å². The maximum atomic E-state index is 13.4. The molecule has 0 aromatic heterocycles.